The van der Waals surface area contributed by atoms with E-state index in [9.17, 15) is 14.3 Å². The maximum atomic E-state index is 12.4. The second-order valence-electron chi connectivity index (χ2n) is 4.97. The van der Waals surface area contributed by atoms with Gasteiger partial charge in [0.05, 0.1) is 0 Å². The number of benzene rings is 2. The number of hydrogen-bond donors (Lipinski definition) is 0. The van der Waals surface area contributed by atoms with E-state index in [1.165, 1.54) is 12.1 Å². The third-order valence-electron chi connectivity index (χ3n) is 3.25. The molecule has 0 radical (unpaired) electrons. The SMILES string of the molecule is Cc1cc(C)c(C(=O)P(=O)([O-])c2ccccc2)c(C)c1.[Na+]. The largest absolute Gasteiger partial charge is 1.00 e. The maximum Gasteiger partial charge on any atom is 1.00 e. The summed E-state index contributed by atoms with van der Waals surface area (Å²) in [5.41, 5.74) is 1.88. The van der Waals surface area contributed by atoms with Gasteiger partial charge in [-0.1, -0.05) is 48.0 Å². The molecule has 0 saturated heterocycles. The summed E-state index contributed by atoms with van der Waals surface area (Å²) >= 11 is 0. The summed E-state index contributed by atoms with van der Waals surface area (Å²) < 4.78 is 12.4. The number of carbonyl (C=O) groups is 1. The Balaban J connectivity index is 0.00000220. The summed E-state index contributed by atoms with van der Waals surface area (Å²) in [6.07, 6.45) is 0. The van der Waals surface area contributed by atoms with Crippen LogP contribution in [-0.4, -0.2) is 5.52 Å². The molecule has 2 aromatic rings. The minimum absolute atomic E-state index is 0. The summed E-state index contributed by atoms with van der Waals surface area (Å²) in [6.45, 7) is 5.44. The molecule has 104 valence electrons. The molecule has 2 aromatic carbocycles. The number of aryl methyl sites for hydroxylation is 3. The topological polar surface area (TPSA) is 57.2 Å². The number of hydrogen-bond acceptors (Lipinski definition) is 3. The van der Waals surface area contributed by atoms with Crippen molar-refractivity contribution in [3.63, 3.8) is 0 Å². The molecule has 0 bridgehead atoms. The molecule has 1 atom stereocenters. The van der Waals surface area contributed by atoms with Crippen molar-refractivity contribution in [2.45, 2.75) is 20.8 Å². The van der Waals surface area contributed by atoms with Crippen LogP contribution in [-0.2, 0) is 4.57 Å². The van der Waals surface area contributed by atoms with Gasteiger partial charge in [-0.25, -0.2) is 0 Å². The van der Waals surface area contributed by atoms with Crippen LogP contribution >= 0.6 is 7.37 Å². The van der Waals surface area contributed by atoms with Gasteiger partial charge < -0.3 is 9.46 Å². The molecule has 0 N–H and O–H groups in total. The molecule has 3 nitrogen and oxygen atoms in total. The monoisotopic (exact) mass is 310 g/mol. The van der Waals surface area contributed by atoms with Crippen molar-refractivity contribution in [3.8, 4) is 0 Å². The van der Waals surface area contributed by atoms with Crippen molar-refractivity contribution < 1.29 is 43.8 Å². The van der Waals surface area contributed by atoms with E-state index in [0.717, 1.165) is 5.56 Å². The minimum atomic E-state index is -4.32. The molecule has 0 amide bonds. The maximum absolute atomic E-state index is 12.4. The van der Waals surface area contributed by atoms with Crippen molar-refractivity contribution in [1.82, 2.24) is 0 Å². The fraction of sp³-hybridized carbons (Fsp3) is 0.188. The van der Waals surface area contributed by atoms with Crippen molar-refractivity contribution in [1.29, 1.82) is 0 Å². The van der Waals surface area contributed by atoms with Crippen molar-refractivity contribution >= 4 is 18.2 Å². The van der Waals surface area contributed by atoms with E-state index < -0.39 is 12.9 Å². The van der Waals surface area contributed by atoms with Crippen LogP contribution in [0.1, 0.15) is 27.0 Å². The second-order valence-corrected chi connectivity index (χ2v) is 6.99. The zero-order chi connectivity index (χ0) is 14.9. The smallest absolute Gasteiger partial charge is 0.790 e. The first kappa shape index (κ1) is 18.3. The van der Waals surface area contributed by atoms with E-state index >= 15 is 0 Å². The van der Waals surface area contributed by atoms with E-state index in [1.54, 1.807) is 32.0 Å². The first-order chi connectivity index (χ1) is 9.34. The van der Waals surface area contributed by atoms with Crippen LogP contribution in [0.4, 0.5) is 0 Å². The molecule has 1 unspecified atom stereocenters. The normalized spacial score (nSPS) is 13.1. The molecule has 0 fully saturated rings. The van der Waals surface area contributed by atoms with Crippen LogP contribution in [0, 0.1) is 20.8 Å². The van der Waals surface area contributed by atoms with E-state index in [2.05, 4.69) is 0 Å². The zero-order valence-electron chi connectivity index (χ0n) is 12.7. The molecule has 0 aliphatic heterocycles. The Morgan fingerprint density at radius 2 is 1.48 bits per heavy atom. The average Bonchev–Trinajstić information content (AvgIpc) is 2.38. The molecule has 0 spiro atoms. The molecular weight excluding hydrogens is 294 g/mol. The van der Waals surface area contributed by atoms with E-state index in [0.29, 0.717) is 11.1 Å². The molecule has 0 aromatic heterocycles. The molecule has 0 aliphatic carbocycles. The second kappa shape index (κ2) is 7.04. The summed E-state index contributed by atoms with van der Waals surface area (Å²) in [5.74, 6) is 0. The van der Waals surface area contributed by atoms with Gasteiger partial charge >= 0.3 is 29.6 Å². The third kappa shape index (κ3) is 3.74. The first-order valence-electron chi connectivity index (χ1n) is 6.33. The molecule has 0 heterocycles. The van der Waals surface area contributed by atoms with Gasteiger partial charge in [-0.3, -0.25) is 4.79 Å². The predicted octanol–water partition coefficient (Wildman–Crippen LogP) is -0.280. The minimum Gasteiger partial charge on any atom is -0.790 e. The Hall–Kier alpha value is -0.700. The van der Waals surface area contributed by atoms with Gasteiger partial charge in [-0.2, -0.15) is 0 Å². The van der Waals surface area contributed by atoms with Crippen molar-refractivity contribution in [2.75, 3.05) is 0 Å². The van der Waals surface area contributed by atoms with Crippen molar-refractivity contribution in [2.24, 2.45) is 0 Å². The molecule has 0 aliphatic rings. The van der Waals surface area contributed by atoms with Gasteiger partial charge in [0.15, 0.2) is 0 Å². The van der Waals surface area contributed by atoms with Gasteiger partial charge in [0.25, 0.3) is 0 Å². The first-order valence-corrected chi connectivity index (χ1v) is 7.96. The van der Waals surface area contributed by atoms with Gasteiger partial charge in [0, 0.05) is 10.9 Å². The quantitative estimate of drug-likeness (QED) is 0.579. The molecule has 2 rings (SSSR count). The number of rotatable bonds is 3. The average molecular weight is 310 g/mol. The van der Waals surface area contributed by atoms with Crippen LogP contribution in [0.3, 0.4) is 0 Å². The predicted molar refractivity (Wildman–Crippen MR) is 78.7 cm³/mol. The Bertz CT molecular complexity index is 688. The number of carbonyl (C=O) groups excluding carboxylic acids is 1. The summed E-state index contributed by atoms with van der Waals surface area (Å²) in [4.78, 5) is 24.8. The van der Waals surface area contributed by atoms with Crippen LogP contribution in [0.2, 0.25) is 0 Å². The van der Waals surface area contributed by atoms with Gasteiger partial charge in [-0.05, 0) is 31.9 Å². The van der Waals surface area contributed by atoms with Crippen LogP contribution in [0.25, 0.3) is 0 Å². The van der Waals surface area contributed by atoms with Gasteiger partial charge in [0.1, 0.15) is 7.37 Å². The zero-order valence-corrected chi connectivity index (χ0v) is 15.6. The van der Waals surface area contributed by atoms with Crippen molar-refractivity contribution in [3.05, 3.63) is 64.7 Å². The van der Waals surface area contributed by atoms with E-state index in [-0.39, 0.29) is 40.4 Å². The summed E-state index contributed by atoms with van der Waals surface area (Å²) in [7, 11) is -4.32. The van der Waals surface area contributed by atoms with Crippen LogP contribution in [0.5, 0.6) is 0 Å². The Kier molecular flexibility index (Phi) is 6.15. The summed E-state index contributed by atoms with van der Waals surface area (Å²) in [6, 6.07) is 11.5. The summed E-state index contributed by atoms with van der Waals surface area (Å²) in [5, 5.41) is 0.0596. The van der Waals surface area contributed by atoms with Crippen LogP contribution in [0.15, 0.2) is 42.5 Å². The van der Waals surface area contributed by atoms with E-state index in [4.69, 9.17) is 0 Å². The fourth-order valence-electron chi connectivity index (χ4n) is 2.41. The molecular formula is C16H16NaO3P. The van der Waals surface area contributed by atoms with Gasteiger partial charge in [-0.15, -0.1) is 0 Å². The Labute approximate surface area is 147 Å². The standard InChI is InChI=1S/C16H17O3P.Na/c1-11-9-12(2)15(13(3)10-11)16(17)20(18,19)14-7-5-4-6-8-14;/h4-10H,1-3H3,(H,18,19);/q;+1/p-1. The Morgan fingerprint density at radius 3 is 1.95 bits per heavy atom. The molecule has 5 heteroatoms. The fourth-order valence-corrected chi connectivity index (χ4v) is 3.85. The third-order valence-corrected chi connectivity index (χ3v) is 4.99. The van der Waals surface area contributed by atoms with E-state index in [1.807, 2.05) is 19.1 Å². The Morgan fingerprint density at radius 1 is 1.00 bits per heavy atom. The van der Waals surface area contributed by atoms with Gasteiger partial charge in [0.2, 0.25) is 5.52 Å². The van der Waals surface area contributed by atoms with Crippen LogP contribution < -0.4 is 39.8 Å². The molecule has 0 saturated carbocycles. The molecule has 21 heavy (non-hydrogen) atoms.